The van der Waals surface area contributed by atoms with Gasteiger partial charge in [0.15, 0.2) is 6.23 Å². The zero-order valence-electron chi connectivity index (χ0n) is 23.3. The molecule has 8 nitrogen and oxygen atoms in total. The highest BCUT2D eigenvalue weighted by molar-refractivity contribution is 9.10. The molecule has 3 aromatic carbocycles. The summed E-state index contributed by atoms with van der Waals surface area (Å²) in [6.45, 7) is 6.14. The highest BCUT2D eigenvalue weighted by Gasteiger charge is 2.66. The lowest BCUT2D eigenvalue weighted by atomic mass is 9.63. The number of anilines is 2. The summed E-state index contributed by atoms with van der Waals surface area (Å²) < 4.78 is 27.5. The quantitative estimate of drug-likeness (QED) is 0.271. The van der Waals surface area contributed by atoms with Gasteiger partial charge in [-0.1, -0.05) is 50.6 Å². The molecule has 0 saturated carbocycles. The third kappa shape index (κ3) is 5.21. The summed E-state index contributed by atoms with van der Waals surface area (Å²) in [6.07, 6.45) is -1.46. The number of nitriles is 1. The van der Waals surface area contributed by atoms with Gasteiger partial charge in [0.2, 0.25) is 5.91 Å². The summed E-state index contributed by atoms with van der Waals surface area (Å²) >= 11 is 9.57. The van der Waals surface area contributed by atoms with Crippen molar-refractivity contribution in [1.29, 1.82) is 5.26 Å². The van der Waals surface area contributed by atoms with Crippen LogP contribution in [0.4, 0.5) is 20.6 Å². The van der Waals surface area contributed by atoms with Gasteiger partial charge in [-0.3, -0.25) is 15.4 Å². The minimum absolute atomic E-state index is 0.208. The van der Waals surface area contributed by atoms with Crippen LogP contribution in [0.25, 0.3) is 0 Å². The zero-order valence-corrected chi connectivity index (χ0v) is 25.7. The molecule has 4 atom stereocenters. The second-order valence-corrected chi connectivity index (χ2v) is 12.9. The Kier molecular flexibility index (Phi) is 7.96. The maximum atomic E-state index is 15.9. The molecule has 2 aliphatic rings. The lowest BCUT2D eigenvalue weighted by molar-refractivity contribution is -0.122. The number of carbonyl (C=O) groups is 2. The summed E-state index contributed by atoms with van der Waals surface area (Å²) in [6, 6.07) is 16.0. The van der Waals surface area contributed by atoms with E-state index in [4.69, 9.17) is 21.1 Å². The number of hydrogen-bond donors (Lipinski definition) is 3. The second-order valence-electron chi connectivity index (χ2n) is 11.6. The van der Waals surface area contributed by atoms with E-state index in [-0.39, 0.29) is 32.8 Å². The lowest BCUT2D eigenvalue weighted by Gasteiger charge is -2.37. The van der Waals surface area contributed by atoms with Crippen LogP contribution in [0.5, 0.6) is 5.75 Å². The van der Waals surface area contributed by atoms with Crippen LogP contribution >= 0.6 is 27.5 Å². The maximum Gasteiger partial charge on any atom is 0.413 e. The van der Waals surface area contributed by atoms with Crippen LogP contribution in [0.3, 0.4) is 0 Å². The third-order valence-corrected chi connectivity index (χ3v) is 8.54. The fourth-order valence-corrected chi connectivity index (χ4v) is 6.64. The molecule has 0 unspecified atom stereocenters. The molecule has 3 aromatic rings. The molecule has 11 heteroatoms. The normalized spacial score (nSPS) is 22.8. The van der Waals surface area contributed by atoms with Crippen molar-refractivity contribution in [2.75, 3.05) is 17.7 Å². The van der Waals surface area contributed by atoms with E-state index in [0.29, 0.717) is 28.3 Å². The largest absolute Gasteiger partial charge is 0.495 e. The molecule has 0 radical (unpaired) electrons. The number of methoxy groups -OCH3 is 1. The molecule has 3 N–H and O–H groups in total. The number of fused-ring (bicyclic) bond motifs is 2. The van der Waals surface area contributed by atoms with Crippen molar-refractivity contribution in [1.82, 2.24) is 5.32 Å². The van der Waals surface area contributed by atoms with Gasteiger partial charge in [-0.15, -0.1) is 0 Å². The van der Waals surface area contributed by atoms with Gasteiger partial charge >= 0.3 is 6.09 Å². The summed E-state index contributed by atoms with van der Waals surface area (Å²) in [5, 5.41) is 18.7. The number of amides is 2. The fraction of sp³-hybridized carbons (Fsp3) is 0.323. The van der Waals surface area contributed by atoms with Gasteiger partial charge in [-0.2, -0.15) is 5.26 Å². The maximum absolute atomic E-state index is 15.9. The van der Waals surface area contributed by atoms with E-state index in [2.05, 4.69) is 31.9 Å². The Morgan fingerprint density at radius 1 is 1.21 bits per heavy atom. The van der Waals surface area contributed by atoms with Crippen LogP contribution in [-0.2, 0) is 14.9 Å². The smallest absolute Gasteiger partial charge is 0.413 e. The number of nitrogens with one attached hydrogen (secondary N) is 3. The summed E-state index contributed by atoms with van der Waals surface area (Å²) in [7, 11) is 1.42. The minimum Gasteiger partial charge on any atom is -0.495 e. The first-order chi connectivity index (χ1) is 19.9. The topological polar surface area (TPSA) is 112 Å². The van der Waals surface area contributed by atoms with Crippen LogP contribution in [0.15, 0.2) is 59.1 Å². The molecule has 2 heterocycles. The first-order valence-electron chi connectivity index (χ1n) is 13.3. The van der Waals surface area contributed by atoms with Crippen LogP contribution < -0.4 is 20.7 Å². The van der Waals surface area contributed by atoms with Crippen molar-refractivity contribution in [2.24, 2.45) is 5.41 Å². The van der Waals surface area contributed by atoms with Crippen molar-refractivity contribution in [2.45, 2.75) is 50.8 Å². The van der Waals surface area contributed by atoms with Crippen molar-refractivity contribution in [3.8, 4) is 11.8 Å². The average molecular weight is 656 g/mol. The summed E-state index contributed by atoms with van der Waals surface area (Å²) in [5.41, 5.74) is 0.416. The van der Waals surface area contributed by atoms with Crippen molar-refractivity contribution >= 4 is 50.9 Å². The summed E-state index contributed by atoms with van der Waals surface area (Å²) in [5.74, 6) is -1.59. The number of ether oxygens (including phenoxy) is 2. The second kappa shape index (κ2) is 11.2. The molecule has 0 aromatic heterocycles. The Morgan fingerprint density at radius 2 is 1.98 bits per heavy atom. The van der Waals surface area contributed by atoms with E-state index in [0.717, 1.165) is 0 Å². The Bertz CT molecular complexity index is 1620. The van der Waals surface area contributed by atoms with E-state index in [1.807, 2.05) is 26.8 Å². The molecule has 1 spiro atoms. The first-order valence-corrected chi connectivity index (χ1v) is 14.4. The van der Waals surface area contributed by atoms with Gasteiger partial charge in [-0.05, 0) is 69.2 Å². The predicted molar refractivity (Wildman–Crippen MR) is 161 cm³/mol. The zero-order chi connectivity index (χ0) is 30.4. The van der Waals surface area contributed by atoms with Gasteiger partial charge < -0.3 is 14.8 Å². The Morgan fingerprint density at radius 3 is 2.67 bits per heavy atom. The highest BCUT2D eigenvalue weighted by atomic mass is 79.9. The highest BCUT2D eigenvalue weighted by Crippen LogP contribution is 2.57. The lowest BCUT2D eigenvalue weighted by Crippen LogP contribution is -2.49. The third-order valence-electron chi connectivity index (χ3n) is 7.69. The fourth-order valence-electron chi connectivity index (χ4n) is 6.09. The molecular formula is C31H29BrClFN4O4. The number of nitrogens with zero attached hydrogens (tertiary/aromatic N) is 1. The number of carbonyl (C=O) groups excluding carboxylic acids is 2. The molecule has 2 amide bonds. The van der Waals surface area contributed by atoms with E-state index in [1.165, 1.54) is 25.3 Å². The molecule has 1 fully saturated rings. The van der Waals surface area contributed by atoms with Crippen LogP contribution in [-0.4, -0.2) is 31.4 Å². The van der Waals surface area contributed by atoms with Gasteiger partial charge in [0.05, 0.1) is 34.8 Å². The molecular weight excluding hydrogens is 627 g/mol. The molecule has 1 saturated heterocycles. The summed E-state index contributed by atoms with van der Waals surface area (Å²) in [4.78, 5) is 27.6. The van der Waals surface area contributed by atoms with Gasteiger partial charge in [0.1, 0.15) is 17.0 Å². The number of rotatable bonds is 5. The molecule has 0 bridgehead atoms. The van der Waals surface area contributed by atoms with E-state index in [1.54, 1.807) is 36.4 Å². The Labute approximate surface area is 256 Å². The molecule has 5 rings (SSSR count). The molecule has 2 aliphatic heterocycles. The SMILES string of the molecule is COc1cc(C#N)ccc1NC(=O)O[C@H]1N[C@@H](CC(C)(C)C)[C@@]2(C(=O)Nc3cc(Cl)ccc32)[C@H]1c1cccc(Br)c1F. The van der Waals surface area contributed by atoms with Gasteiger partial charge in [0, 0.05) is 22.8 Å². The Hall–Kier alpha value is -3.65. The van der Waals surface area contributed by atoms with Crippen molar-refractivity contribution < 1.29 is 23.5 Å². The predicted octanol–water partition coefficient (Wildman–Crippen LogP) is 7.08. The van der Waals surface area contributed by atoms with Gasteiger partial charge in [-0.25, -0.2) is 9.18 Å². The van der Waals surface area contributed by atoms with E-state index >= 15 is 4.39 Å². The number of hydrogen-bond acceptors (Lipinski definition) is 6. The molecule has 218 valence electrons. The molecule has 0 aliphatic carbocycles. The first kappa shape index (κ1) is 29.8. The van der Waals surface area contributed by atoms with Crippen LogP contribution in [0.2, 0.25) is 5.02 Å². The average Bonchev–Trinajstić information content (AvgIpc) is 3.38. The van der Waals surface area contributed by atoms with E-state index < -0.39 is 35.5 Å². The van der Waals surface area contributed by atoms with Crippen LogP contribution in [0.1, 0.15) is 49.8 Å². The molecule has 42 heavy (non-hydrogen) atoms. The number of halogens is 3. The van der Waals surface area contributed by atoms with E-state index in [9.17, 15) is 14.9 Å². The van der Waals surface area contributed by atoms with Crippen molar-refractivity contribution in [3.05, 3.63) is 86.6 Å². The minimum atomic E-state index is -1.34. The monoisotopic (exact) mass is 654 g/mol. The Balaban J connectivity index is 1.63. The van der Waals surface area contributed by atoms with Crippen LogP contribution in [0, 0.1) is 22.6 Å². The standard InChI is InChI=1S/C31H29BrClFN4O4/c1-30(2,3)14-24-31(19-10-9-17(33)13-22(19)36-28(31)39)25(18-6-5-7-20(32)26(18)34)27(38-24)42-29(40)37-21-11-8-16(15-35)12-23(21)41-4/h5-13,24-25,27,38H,14H2,1-4H3,(H,36,39)(H,37,40)/t24-,25-,27+,31+/m0/s1. The van der Waals surface area contributed by atoms with Crippen molar-refractivity contribution in [3.63, 3.8) is 0 Å². The number of benzene rings is 3. The van der Waals surface area contributed by atoms with Gasteiger partial charge in [0.25, 0.3) is 0 Å².